The van der Waals surface area contributed by atoms with Crippen molar-refractivity contribution < 1.29 is 13.2 Å². The van der Waals surface area contributed by atoms with Crippen LogP contribution in [0.4, 0.5) is 13.2 Å². The molecule has 16 heavy (non-hydrogen) atoms. The van der Waals surface area contributed by atoms with Crippen LogP contribution in [0.5, 0.6) is 0 Å². The monoisotopic (exact) mass is 227 g/mol. The Bertz CT molecular complexity index is 508. The van der Waals surface area contributed by atoms with Gasteiger partial charge in [0.25, 0.3) is 0 Å². The number of hydrogen-bond donors (Lipinski definition) is 1. The average Bonchev–Trinajstić information content (AvgIpc) is 2.58. The lowest BCUT2D eigenvalue weighted by Gasteiger charge is -2.06. The Balaban J connectivity index is 2.59. The highest BCUT2D eigenvalue weighted by Gasteiger charge is 2.33. The van der Waals surface area contributed by atoms with Crippen molar-refractivity contribution in [1.29, 1.82) is 0 Å². The molecule has 1 aromatic heterocycles. The quantitative estimate of drug-likeness (QED) is 0.747. The van der Waals surface area contributed by atoms with Gasteiger partial charge in [-0.05, 0) is 17.5 Å². The number of benzene rings is 1. The van der Waals surface area contributed by atoms with E-state index in [4.69, 9.17) is 0 Å². The van der Waals surface area contributed by atoms with Gasteiger partial charge in [-0.15, -0.1) is 0 Å². The van der Waals surface area contributed by atoms with Crippen molar-refractivity contribution in [2.45, 2.75) is 25.9 Å². The summed E-state index contributed by atoms with van der Waals surface area (Å²) in [4.78, 5) is 2.67. The van der Waals surface area contributed by atoms with Gasteiger partial charge < -0.3 is 4.98 Å². The van der Waals surface area contributed by atoms with Gasteiger partial charge in [0.2, 0.25) is 0 Å². The SMILES string of the molecule is CC(C)c1ccc2c(C(F)(F)F)c[nH]c2c1. The van der Waals surface area contributed by atoms with Gasteiger partial charge in [-0.1, -0.05) is 26.0 Å². The molecular formula is C12H12F3N. The lowest BCUT2D eigenvalue weighted by atomic mass is 10.0. The van der Waals surface area contributed by atoms with E-state index in [9.17, 15) is 13.2 Å². The Hall–Kier alpha value is -1.45. The standard InChI is InChI=1S/C12H12F3N/c1-7(2)8-3-4-9-10(12(13,14)15)6-16-11(9)5-8/h3-7,16H,1-2H3. The molecule has 0 aliphatic carbocycles. The van der Waals surface area contributed by atoms with E-state index in [1.54, 1.807) is 12.1 Å². The smallest absolute Gasteiger partial charge is 0.361 e. The van der Waals surface area contributed by atoms with E-state index in [1.165, 1.54) is 6.07 Å². The highest BCUT2D eigenvalue weighted by atomic mass is 19.4. The van der Waals surface area contributed by atoms with E-state index < -0.39 is 11.7 Å². The van der Waals surface area contributed by atoms with Gasteiger partial charge in [-0.25, -0.2) is 0 Å². The number of aromatic nitrogens is 1. The minimum Gasteiger partial charge on any atom is -0.361 e. The zero-order chi connectivity index (χ0) is 11.9. The first-order valence-corrected chi connectivity index (χ1v) is 5.08. The zero-order valence-electron chi connectivity index (χ0n) is 9.02. The third-order valence-electron chi connectivity index (χ3n) is 2.68. The molecule has 1 aromatic carbocycles. The molecule has 0 amide bonds. The number of hydrogen-bond acceptors (Lipinski definition) is 0. The molecule has 0 fully saturated rings. The lowest BCUT2D eigenvalue weighted by molar-refractivity contribution is -0.136. The molecule has 0 saturated heterocycles. The Morgan fingerprint density at radius 2 is 1.88 bits per heavy atom. The molecule has 0 aliphatic heterocycles. The molecule has 1 nitrogen and oxygen atoms in total. The van der Waals surface area contributed by atoms with Gasteiger partial charge in [0, 0.05) is 17.1 Å². The third kappa shape index (κ3) is 1.79. The lowest BCUT2D eigenvalue weighted by Crippen LogP contribution is -2.03. The Morgan fingerprint density at radius 1 is 1.19 bits per heavy atom. The first kappa shape index (κ1) is 11.0. The van der Waals surface area contributed by atoms with Gasteiger partial charge in [0.1, 0.15) is 0 Å². The topological polar surface area (TPSA) is 15.8 Å². The van der Waals surface area contributed by atoms with Crippen LogP contribution in [0.3, 0.4) is 0 Å². The summed E-state index contributed by atoms with van der Waals surface area (Å²) >= 11 is 0. The molecule has 2 rings (SSSR count). The Labute approximate surface area is 91.3 Å². The van der Waals surface area contributed by atoms with Gasteiger partial charge in [-0.2, -0.15) is 13.2 Å². The molecule has 0 spiro atoms. The second-order valence-corrected chi connectivity index (χ2v) is 4.16. The molecule has 2 aromatic rings. The molecule has 0 atom stereocenters. The summed E-state index contributed by atoms with van der Waals surface area (Å²) in [5.41, 5.74) is 0.972. The van der Waals surface area contributed by atoms with Crippen molar-refractivity contribution in [3.8, 4) is 0 Å². The highest BCUT2D eigenvalue weighted by molar-refractivity contribution is 5.84. The minimum absolute atomic E-state index is 0.233. The van der Waals surface area contributed by atoms with Crippen molar-refractivity contribution in [2.24, 2.45) is 0 Å². The zero-order valence-corrected chi connectivity index (χ0v) is 9.02. The average molecular weight is 227 g/mol. The number of aromatic amines is 1. The van der Waals surface area contributed by atoms with Crippen molar-refractivity contribution >= 4 is 10.9 Å². The Morgan fingerprint density at radius 3 is 2.44 bits per heavy atom. The summed E-state index contributed by atoms with van der Waals surface area (Å²) in [6.07, 6.45) is -3.27. The molecule has 0 radical (unpaired) electrons. The largest absolute Gasteiger partial charge is 0.418 e. The van der Waals surface area contributed by atoms with E-state index in [1.807, 2.05) is 13.8 Å². The normalized spacial score (nSPS) is 12.6. The molecule has 1 heterocycles. The summed E-state index contributed by atoms with van der Waals surface area (Å²) in [5.74, 6) is 0.307. The molecule has 86 valence electrons. The number of rotatable bonds is 1. The second kappa shape index (κ2) is 3.54. The van der Waals surface area contributed by atoms with E-state index in [2.05, 4.69) is 4.98 Å². The summed E-state index contributed by atoms with van der Waals surface area (Å²) in [6.45, 7) is 4.02. The van der Waals surface area contributed by atoms with E-state index in [-0.39, 0.29) is 5.39 Å². The number of alkyl halides is 3. The van der Waals surface area contributed by atoms with Crippen LogP contribution in [-0.2, 0) is 6.18 Å². The molecule has 0 aliphatic rings. The second-order valence-electron chi connectivity index (χ2n) is 4.16. The first-order chi connectivity index (χ1) is 7.39. The van der Waals surface area contributed by atoms with Crippen LogP contribution in [0, 0.1) is 0 Å². The van der Waals surface area contributed by atoms with Crippen LogP contribution in [0.25, 0.3) is 10.9 Å². The van der Waals surface area contributed by atoms with Crippen molar-refractivity contribution in [3.63, 3.8) is 0 Å². The molecular weight excluding hydrogens is 215 g/mol. The van der Waals surface area contributed by atoms with Crippen LogP contribution in [0.2, 0.25) is 0 Å². The molecule has 1 N–H and O–H groups in total. The molecule has 0 bridgehead atoms. The van der Waals surface area contributed by atoms with Crippen LogP contribution in [-0.4, -0.2) is 4.98 Å². The van der Waals surface area contributed by atoms with Crippen molar-refractivity contribution in [1.82, 2.24) is 4.98 Å². The number of H-pyrrole nitrogens is 1. The van der Waals surface area contributed by atoms with Crippen LogP contribution in [0.15, 0.2) is 24.4 Å². The molecule has 4 heteroatoms. The summed E-state index contributed by atoms with van der Waals surface area (Å²) in [5, 5.41) is 0.233. The van der Waals surface area contributed by atoms with Crippen molar-refractivity contribution in [2.75, 3.05) is 0 Å². The van der Waals surface area contributed by atoms with Crippen LogP contribution in [0.1, 0.15) is 30.9 Å². The van der Waals surface area contributed by atoms with E-state index in [0.717, 1.165) is 11.8 Å². The fourth-order valence-corrected chi connectivity index (χ4v) is 1.74. The van der Waals surface area contributed by atoms with Gasteiger partial charge in [0.05, 0.1) is 5.56 Å². The number of fused-ring (bicyclic) bond motifs is 1. The summed E-state index contributed by atoms with van der Waals surface area (Å²) in [6, 6.07) is 5.05. The Kier molecular flexibility index (Phi) is 2.45. The summed E-state index contributed by atoms with van der Waals surface area (Å²) in [7, 11) is 0. The fourth-order valence-electron chi connectivity index (χ4n) is 1.74. The number of nitrogens with one attached hydrogen (secondary N) is 1. The van der Waals surface area contributed by atoms with Crippen molar-refractivity contribution in [3.05, 3.63) is 35.5 Å². The highest BCUT2D eigenvalue weighted by Crippen LogP contribution is 2.35. The fraction of sp³-hybridized carbons (Fsp3) is 0.333. The van der Waals surface area contributed by atoms with E-state index >= 15 is 0 Å². The predicted octanol–water partition coefficient (Wildman–Crippen LogP) is 4.31. The third-order valence-corrected chi connectivity index (χ3v) is 2.68. The predicted molar refractivity (Wildman–Crippen MR) is 57.4 cm³/mol. The van der Waals surface area contributed by atoms with Crippen LogP contribution >= 0.6 is 0 Å². The van der Waals surface area contributed by atoms with Gasteiger partial charge >= 0.3 is 6.18 Å². The number of halogens is 3. The maximum absolute atomic E-state index is 12.6. The molecule has 0 saturated carbocycles. The molecule has 0 unspecified atom stereocenters. The first-order valence-electron chi connectivity index (χ1n) is 5.08. The van der Waals surface area contributed by atoms with Crippen LogP contribution < -0.4 is 0 Å². The van der Waals surface area contributed by atoms with E-state index in [0.29, 0.717) is 11.4 Å². The maximum atomic E-state index is 12.6. The maximum Gasteiger partial charge on any atom is 0.418 e. The summed E-state index contributed by atoms with van der Waals surface area (Å²) < 4.78 is 37.8. The minimum atomic E-state index is -4.29. The van der Waals surface area contributed by atoms with Gasteiger partial charge in [-0.3, -0.25) is 0 Å². The van der Waals surface area contributed by atoms with Gasteiger partial charge in [0.15, 0.2) is 0 Å².